The van der Waals surface area contributed by atoms with Gasteiger partial charge in [0.15, 0.2) is 5.69 Å². The Morgan fingerprint density at radius 1 is 1.18 bits per heavy atom. The van der Waals surface area contributed by atoms with Crippen molar-refractivity contribution in [1.82, 2.24) is 20.5 Å². The summed E-state index contributed by atoms with van der Waals surface area (Å²) in [4.78, 5) is 19.1. The lowest BCUT2D eigenvalue weighted by molar-refractivity contribution is -0.141. The third kappa shape index (κ3) is 6.32. The quantitative estimate of drug-likeness (QED) is 0.338. The van der Waals surface area contributed by atoms with Crippen LogP contribution in [-0.2, 0) is 10.9 Å². The Morgan fingerprint density at radius 2 is 2.03 bits per heavy atom. The largest absolute Gasteiger partial charge is 0.493 e. The molecule has 11 heteroatoms. The molecule has 2 aromatic heterocycles. The molecule has 1 amide bonds. The van der Waals surface area contributed by atoms with Gasteiger partial charge in [-0.15, -0.1) is 16.4 Å². The van der Waals surface area contributed by atoms with Crippen LogP contribution in [0.4, 0.5) is 13.2 Å². The molecule has 1 N–H and O–H groups in total. The summed E-state index contributed by atoms with van der Waals surface area (Å²) < 4.78 is 50.2. The zero-order valence-corrected chi connectivity index (χ0v) is 21.8. The second-order valence-electron chi connectivity index (χ2n) is 9.75. The van der Waals surface area contributed by atoms with Crippen LogP contribution in [0.1, 0.15) is 84.0 Å². The molecule has 38 heavy (non-hydrogen) atoms. The Bertz CT molecular complexity index is 1260. The molecule has 3 aromatic rings. The molecule has 7 nitrogen and oxygen atoms in total. The van der Waals surface area contributed by atoms with Crippen molar-refractivity contribution in [3.8, 4) is 16.3 Å². The minimum absolute atomic E-state index is 0.190. The number of hydrogen-bond acceptors (Lipinski definition) is 7. The first-order valence-corrected chi connectivity index (χ1v) is 13.6. The Labute approximate surface area is 222 Å². The first-order valence-electron chi connectivity index (χ1n) is 12.8. The van der Waals surface area contributed by atoms with Crippen LogP contribution in [0.25, 0.3) is 10.6 Å². The average Bonchev–Trinajstić information content (AvgIpc) is 3.55. The molecule has 2 aliphatic rings. The van der Waals surface area contributed by atoms with E-state index in [1.165, 1.54) is 30.2 Å². The maximum absolute atomic E-state index is 13.2. The summed E-state index contributed by atoms with van der Waals surface area (Å²) in [6, 6.07) is 6.73. The summed E-state index contributed by atoms with van der Waals surface area (Å²) >= 11 is 1.63. The maximum atomic E-state index is 13.2. The van der Waals surface area contributed by atoms with E-state index in [2.05, 4.69) is 20.5 Å². The molecular formula is C27H29F3N4O3S. The molecule has 1 aliphatic heterocycles. The molecule has 3 heterocycles. The Morgan fingerprint density at radius 3 is 2.68 bits per heavy atom. The molecule has 1 aliphatic carbocycles. The standard InChI is InChI=1S/C27H29F3N4O3S/c1-16(22-7-8-24(34-33-22)27(28,29)30)32-25(35)18-12-19(26-31-15-23(38-26)17-4-2-5-17)14-21(13-18)37-11-9-20-6-3-10-36-20/h7-8,12-17,20H,2-6,9-11H2,1H3,(H,32,35)/t16-,20+/m1/s1. The molecule has 0 bridgehead atoms. The van der Waals surface area contributed by atoms with Crippen LogP contribution in [-0.4, -0.2) is 40.4 Å². The molecule has 0 unspecified atom stereocenters. The second-order valence-corrected chi connectivity index (χ2v) is 10.8. The van der Waals surface area contributed by atoms with E-state index in [0.717, 1.165) is 42.5 Å². The van der Waals surface area contributed by atoms with Crippen LogP contribution >= 0.6 is 11.3 Å². The zero-order chi connectivity index (χ0) is 26.7. The van der Waals surface area contributed by atoms with Crippen LogP contribution in [0, 0.1) is 0 Å². The fraction of sp³-hybridized carbons (Fsp3) is 0.481. The van der Waals surface area contributed by atoms with Crippen molar-refractivity contribution < 1.29 is 27.4 Å². The number of ether oxygens (including phenoxy) is 2. The monoisotopic (exact) mass is 546 g/mol. The van der Waals surface area contributed by atoms with Crippen LogP contribution in [0.5, 0.6) is 5.75 Å². The topological polar surface area (TPSA) is 86.2 Å². The summed E-state index contributed by atoms with van der Waals surface area (Å²) in [6.45, 7) is 2.88. The summed E-state index contributed by atoms with van der Waals surface area (Å²) in [5, 5.41) is 10.5. The molecule has 2 atom stereocenters. The van der Waals surface area contributed by atoms with Crippen LogP contribution < -0.4 is 10.1 Å². The van der Waals surface area contributed by atoms with Gasteiger partial charge in [0.1, 0.15) is 10.8 Å². The zero-order valence-electron chi connectivity index (χ0n) is 21.0. The number of benzene rings is 1. The first kappa shape index (κ1) is 26.6. The third-order valence-electron chi connectivity index (χ3n) is 6.95. The van der Waals surface area contributed by atoms with E-state index < -0.39 is 23.8 Å². The summed E-state index contributed by atoms with van der Waals surface area (Å²) in [5.74, 6) is 0.703. The van der Waals surface area contributed by atoms with Gasteiger partial charge >= 0.3 is 6.18 Å². The Balaban J connectivity index is 1.33. The molecule has 0 spiro atoms. The number of aromatic nitrogens is 3. The number of nitrogens with zero attached hydrogens (tertiary/aromatic N) is 3. The number of carbonyl (C=O) groups excluding carboxylic acids is 1. The predicted molar refractivity (Wildman–Crippen MR) is 136 cm³/mol. The van der Waals surface area contributed by atoms with E-state index in [9.17, 15) is 18.0 Å². The average molecular weight is 547 g/mol. The third-order valence-corrected chi connectivity index (χ3v) is 8.16. The molecule has 202 valence electrons. The van der Waals surface area contributed by atoms with Gasteiger partial charge in [-0.05, 0) is 68.9 Å². The highest BCUT2D eigenvalue weighted by molar-refractivity contribution is 7.15. The summed E-state index contributed by atoms with van der Waals surface area (Å²) in [5.41, 5.74) is 0.284. The molecule has 1 aromatic carbocycles. The van der Waals surface area contributed by atoms with Gasteiger partial charge in [0.05, 0.1) is 24.4 Å². The van der Waals surface area contributed by atoms with Gasteiger partial charge in [-0.2, -0.15) is 18.3 Å². The number of amides is 1. The molecule has 0 radical (unpaired) electrons. The van der Waals surface area contributed by atoms with Crippen molar-refractivity contribution in [3.05, 3.63) is 58.4 Å². The number of carbonyl (C=O) groups is 1. The van der Waals surface area contributed by atoms with Gasteiger partial charge < -0.3 is 14.8 Å². The molecule has 1 saturated heterocycles. The van der Waals surface area contributed by atoms with Gasteiger partial charge in [0.2, 0.25) is 0 Å². The first-order chi connectivity index (χ1) is 18.3. The van der Waals surface area contributed by atoms with Crippen molar-refractivity contribution in [2.45, 2.75) is 69.7 Å². The summed E-state index contributed by atoms with van der Waals surface area (Å²) in [6.07, 6.45) is 3.95. The summed E-state index contributed by atoms with van der Waals surface area (Å²) in [7, 11) is 0. The van der Waals surface area contributed by atoms with E-state index in [-0.39, 0.29) is 11.8 Å². The van der Waals surface area contributed by atoms with Crippen molar-refractivity contribution in [2.75, 3.05) is 13.2 Å². The molecular weight excluding hydrogens is 517 g/mol. The van der Waals surface area contributed by atoms with Gasteiger partial charge in [0, 0.05) is 35.2 Å². The number of alkyl halides is 3. The SMILES string of the molecule is C[C@@H](NC(=O)c1cc(OCC[C@@H]2CCCO2)cc(-c2ncc(C3CCC3)s2)c1)c1ccc(C(F)(F)F)nn1. The highest BCUT2D eigenvalue weighted by Gasteiger charge is 2.33. The lowest BCUT2D eigenvalue weighted by Crippen LogP contribution is -2.27. The van der Waals surface area contributed by atoms with Crippen molar-refractivity contribution in [1.29, 1.82) is 0 Å². The van der Waals surface area contributed by atoms with Crippen molar-refractivity contribution in [2.24, 2.45) is 0 Å². The highest BCUT2D eigenvalue weighted by atomic mass is 32.1. The van der Waals surface area contributed by atoms with Crippen molar-refractivity contribution >= 4 is 17.2 Å². The van der Waals surface area contributed by atoms with E-state index >= 15 is 0 Å². The number of hydrogen-bond donors (Lipinski definition) is 1. The van der Waals surface area contributed by atoms with Gasteiger partial charge in [-0.1, -0.05) is 6.42 Å². The van der Waals surface area contributed by atoms with E-state index in [1.54, 1.807) is 30.4 Å². The minimum atomic E-state index is -4.58. The fourth-order valence-electron chi connectivity index (χ4n) is 4.50. The normalized spacial score (nSPS) is 18.7. The number of thiazole rings is 1. The highest BCUT2D eigenvalue weighted by Crippen LogP contribution is 2.41. The maximum Gasteiger partial charge on any atom is 0.435 e. The number of rotatable bonds is 9. The van der Waals surface area contributed by atoms with Crippen molar-refractivity contribution in [3.63, 3.8) is 0 Å². The molecule has 5 rings (SSSR count). The van der Waals surface area contributed by atoms with Crippen LogP contribution in [0.2, 0.25) is 0 Å². The molecule has 1 saturated carbocycles. The predicted octanol–water partition coefficient (Wildman–Crippen LogP) is 6.33. The second kappa shape index (κ2) is 11.4. The smallest absolute Gasteiger partial charge is 0.435 e. The van der Waals surface area contributed by atoms with E-state index in [1.807, 2.05) is 12.3 Å². The van der Waals surface area contributed by atoms with E-state index in [4.69, 9.17) is 9.47 Å². The minimum Gasteiger partial charge on any atom is -0.493 e. The Kier molecular flexibility index (Phi) is 7.94. The van der Waals surface area contributed by atoms with Gasteiger partial charge in [0.25, 0.3) is 5.91 Å². The number of nitrogens with one attached hydrogen (secondary N) is 1. The lowest BCUT2D eigenvalue weighted by Gasteiger charge is -2.23. The lowest BCUT2D eigenvalue weighted by atomic mass is 9.85. The molecule has 2 fully saturated rings. The Hall–Kier alpha value is -3.05. The van der Waals surface area contributed by atoms with Crippen LogP contribution in [0.3, 0.4) is 0 Å². The van der Waals surface area contributed by atoms with Gasteiger partial charge in [-0.25, -0.2) is 4.98 Å². The van der Waals surface area contributed by atoms with Gasteiger partial charge in [-0.3, -0.25) is 4.79 Å². The van der Waals surface area contributed by atoms with E-state index in [0.29, 0.717) is 23.8 Å². The number of halogens is 3. The fourth-order valence-corrected chi connectivity index (χ4v) is 5.57. The van der Waals surface area contributed by atoms with Crippen LogP contribution in [0.15, 0.2) is 36.5 Å².